The second kappa shape index (κ2) is 12.3. The standard InChI is InChI=1S/C38H28N4O3S/c1-2-45-37(44)33-34(27-11-5-3-6-12-27)40-38-42(35(33)28-13-7-4-8-14-28)36(43)32(46-38)21-29-24-41(31-16-10-9-15-30(29)31)23-26-19-17-25(22-39)18-20-26/h3-21,24,35H,2,23H2,1H3/b32-21-/t35-/m0/s1. The lowest BCUT2D eigenvalue weighted by atomic mass is 9.93. The SMILES string of the molecule is CCOC(=O)C1=C(c2ccccc2)N=c2s/c(=C\c3cn(Cc4ccc(C#N)cc4)c4ccccc34)c(=O)n2[C@H]1c1ccccc1. The summed E-state index contributed by atoms with van der Waals surface area (Å²) in [5.74, 6) is -0.501. The van der Waals surface area contributed by atoms with E-state index in [4.69, 9.17) is 9.73 Å². The van der Waals surface area contributed by atoms with E-state index >= 15 is 0 Å². The number of nitriles is 1. The van der Waals surface area contributed by atoms with Gasteiger partial charge in [-0.05, 0) is 42.3 Å². The molecule has 0 saturated heterocycles. The lowest BCUT2D eigenvalue weighted by molar-refractivity contribution is -0.138. The van der Waals surface area contributed by atoms with Gasteiger partial charge < -0.3 is 9.30 Å². The van der Waals surface area contributed by atoms with Gasteiger partial charge in [-0.2, -0.15) is 5.26 Å². The molecule has 7 nitrogen and oxygen atoms in total. The summed E-state index contributed by atoms with van der Waals surface area (Å²) in [5.41, 5.74) is 5.78. The van der Waals surface area contributed by atoms with Crippen LogP contribution in [-0.4, -0.2) is 21.7 Å². The third-order valence-electron chi connectivity index (χ3n) is 8.03. The molecular formula is C38H28N4O3S. The lowest BCUT2D eigenvalue weighted by Gasteiger charge is -2.25. The van der Waals surface area contributed by atoms with Gasteiger partial charge in [-0.3, -0.25) is 9.36 Å². The fourth-order valence-electron chi connectivity index (χ4n) is 5.93. The van der Waals surface area contributed by atoms with Gasteiger partial charge in [-0.1, -0.05) is 102 Å². The van der Waals surface area contributed by atoms with Crippen LogP contribution in [0.3, 0.4) is 0 Å². The van der Waals surface area contributed by atoms with Crippen LogP contribution in [0.15, 0.2) is 131 Å². The summed E-state index contributed by atoms with van der Waals surface area (Å²) in [7, 11) is 0. The van der Waals surface area contributed by atoms with Crippen molar-refractivity contribution in [3.63, 3.8) is 0 Å². The zero-order chi connectivity index (χ0) is 31.6. The number of ether oxygens (including phenoxy) is 1. The molecule has 3 heterocycles. The predicted molar refractivity (Wildman–Crippen MR) is 180 cm³/mol. The molecule has 0 aliphatic carbocycles. The van der Waals surface area contributed by atoms with Gasteiger partial charge in [-0.15, -0.1) is 0 Å². The average molecular weight is 621 g/mol. The van der Waals surface area contributed by atoms with Crippen LogP contribution in [0.5, 0.6) is 0 Å². The van der Waals surface area contributed by atoms with Crippen LogP contribution < -0.4 is 14.9 Å². The van der Waals surface area contributed by atoms with Gasteiger partial charge in [0.2, 0.25) is 0 Å². The zero-order valence-electron chi connectivity index (χ0n) is 25.0. The molecule has 46 heavy (non-hydrogen) atoms. The summed E-state index contributed by atoms with van der Waals surface area (Å²) in [6, 6.07) is 36.2. The number of esters is 1. The number of hydrogen-bond donors (Lipinski definition) is 0. The van der Waals surface area contributed by atoms with E-state index in [0.29, 0.717) is 32.7 Å². The summed E-state index contributed by atoms with van der Waals surface area (Å²) in [5, 5.41) is 10.2. The predicted octanol–water partition coefficient (Wildman–Crippen LogP) is 5.81. The van der Waals surface area contributed by atoms with Crippen molar-refractivity contribution in [2.45, 2.75) is 19.5 Å². The molecule has 0 fully saturated rings. The second-order valence-electron chi connectivity index (χ2n) is 10.9. The minimum Gasteiger partial charge on any atom is -0.463 e. The van der Waals surface area contributed by atoms with Gasteiger partial charge >= 0.3 is 5.97 Å². The van der Waals surface area contributed by atoms with Crippen LogP contribution in [0.25, 0.3) is 22.7 Å². The third kappa shape index (κ3) is 5.27. The number of aromatic nitrogens is 2. The number of rotatable bonds is 7. The van der Waals surface area contributed by atoms with E-state index in [9.17, 15) is 14.9 Å². The number of para-hydroxylation sites is 1. The van der Waals surface area contributed by atoms with Crippen molar-refractivity contribution in [1.82, 2.24) is 9.13 Å². The normalized spacial score (nSPS) is 14.5. The van der Waals surface area contributed by atoms with Crippen LogP contribution in [0.4, 0.5) is 0 Å². The van der Waals surface area contributed by atoms with Gasteiger partial charge in [0.15, 0.2) is 4.80 Å². The van der Waals surface area contributed by atoms with Crippen LogP contribution >= 0.6 is 11.3 Å². The molecule has 1 atom stereocenters. The number of thiazole rings is 1. The highest BCUT2D eigenvalue weighted by Crippen LogP contribution is 2.35. The molecule has 0 unspecified atom stereocenters. The molecule has 0 spiro atoms. The molecule has 0 bridgehead atoms. The van der Waals surface area contributed by atoms with E-state index < -0.39 is 12.0 Å². The van der Waals surface area contributed by atoms with E-state index in [-0.39, 0.29) is 12.2 Å². The highest BCUT2D eigenvalue weighted by molar-refractivity contribution is 7.07. The van der Waals surface area contributed by atoms with E-state index in [1.165, 1.54) is 11.3 Å². The topological polar surface area (TPSA) is 89.4 Å². The molecular weight excluding hydrogens is 593 g/mol. The van der Waals surface area contributed by atoms with Crippen LogP contribution in [0, 0.1) is 11.3 Å². The monoisotopic (exact) mass is 620 g/mol. The average Bonchev–Trinajstić information content (AvgIpc) is 3.61. The van der Waals surface area contributed by atoms with Crippen molar-refractivity contribution in [1.29, 1.82) is 5.26 Å². The third-order valence-corrected chi connectivity index (χ3v) is 9.01. The van der Waals surface area contributed by atoms with E-state index in [0.717, 1.165) is 33.2 Å². The van der Waals surface area contributed by atoms with Crippen molar-refractivity contribution < 1.29 is 9.53 Å². The van der Waals surface area contributed by atoms with Gasteiger partial charge in [-0.25, -0.2) is 9.79 Å². The van der Waals surface area contributed by atoms with Crippen LogP contribution in [-0.2, 0) is 16.1 Å². The Morgan fingerprint density at radius 1 is 0.957 bits per heavy atom. The van der Waals surface area contributed by atoms with Crippen LogP contribution in [0.1, 0.15) is 40.8 Å². The summed E-state index contributed by atoms with van der Waals surface area (Å²) >= 11 is 1.31. The van der Waals surface area contributed by atoms with Gasteiger partial charge in [0.25, 0.3) is 5.56 Å². The Bertz CT molecular complexity index is 2340. The first-order chi connectivity index (χ1) is 22.6. The second-order valence-corrected chi connectivity index (χ2v) is 11.9. The van der Waals surface area contributed by atoms with Crippen molar-refractivity contribution in [3.05, 3.63) is 168 Å². The summed E-state index contributed by atoms with van der Waals surface area (Å²) in [6.07, 6.45) is 3.97. The van der Waals surface area contributed by atoms with Gasteiger partial charge in [0, 0.05) is 34.8 Å². The molecule has 0 saturated carbocycles. The molecule has 7 rings (SSSR count). The van der Waals surface area contributed by atoms with E-state index in [2.05, 4.69) is 22.9 Å². The Labute approximate surface area is 268 Å². The first-order valence-corrected chi connectivity index (χ1v) is 15.8. The Kier molecular flexibility index (Phi) is 7.75. The number of hydrogen-bond acceptors (Lipinski definition) is 6. The van der Waals surface area contributed by atoms with Crippen molar-refractivity contribution in [2.75, 3.05) is 6.61 Å². The quantitative estimate of drug-likeness (QED) is 0.211. The fraction of sp³-hybridized carbons (Fsp3) is 0.105. The maximum atomic E-state index is 14.3. The van der Waals surface area contributed by atoms with Crippen molar-refractivity contribution in [2.24, 2.45) is 4.99 Å². The molecule has 0 radical (unpaired) electrons. The maximum absolute atomic E-state index is 14.3. The minimum atomic E-state index is -0.716. The summed E-state index contributed by atoms with van der Waals surface area (Å²) < 4.78 is 9.85. The summed E-state index contributed by atoms with van der Waals surface area (Å²) in [6.45, 7) is 2.58. The summed E-state index contributed by atoms with van der Waals surface area (Å²) in [4.78, 5) is 33.4. The van der Waals surface area contributed by atoms with Crippen molar-refractivity contribution >= 4 is 40.0 Å². The highest BCUT2D eigenvalue weighted by atomic mass is 32.1. The molecule has 2 aromatic heterocycles. The fourth-order valence-corrected chi connectivity index (χ4v) is 6.93. The smallest absolute Gasteiger partial charge is 0.338 e. The number of carbonyl (C=O) groups excluding carboxylic acids is 1. The lowest BCUT2D eigenvalue weighted by Crippen LogP contribution is -2.39. The number of carbonyl (C=O) groups is 1. The molecule has 224 valence electrons. The van der Waals surface area contributed by atoms with Crippen LogP contribution in [0.2, 0.25) is 0 Å². The first-order valence-electron chi connectivity index (χ1n) is 15.0. The Morgan fingerprint density at radius 2 is 1.65 bits per heavy atom. The number of nitrogens with zero attached hydrogens (tertiary/aromatic N) is 4. The minimum absolute atomic E-state index is 0.197. The van der Waals surface area contributed by atoms with Gasteiger partial charge in [0.05, 0.1) is 40.1 Å². The van der Waals surface area contributed by atoms with Gasteiger partial charge in [0.1, 0.15) is 0 Å². The number of benzene rings is 4. The Morgan fingerprint density at radius 3 is 2.37 bits per heavy atom. The molecule has 1 aliphatic heterocycles. The molecule has 1 aliphatic rings. The molecule has 4 aromatic carbocycles. The van der Waals surface area contributed by atoms with Crippen molar-refractivity contribution in [3.8, 4) is 6.07 Å². The zero-order valence-corrected chi connectivity index (χ0v) is 25.8. The molecule has 6 aromatic rings. The van der Waals surface area contributed by atoms with E-state index in [1.54, 1.807) is 11.5 Å². The Balaban J connectivity index is 1.42. The molecule has 0 N–H and O–H groups in total. The maximum Gasteiger partial charge on any atom is 0.338 e. The molecule has 0 amide bonds. The number of fused-ring (bicyclic) bond motifs is 2. The molecule has 8 heteroatoms. The Hall–Kier alpha value is -5.78. The highest BCUT2D eigenvalue weighted by Gasteiger charge is 2.35. The first kappa shape index (κ1) is 29.0. The van der Waals surface area contributed by atoms with E-state index in [1.807, 2.05) is 109 Å². The largest absolute Gasteiger partial charge is 0.463 e.